The highest BCUT2D eigenvalue weighted by atomic mass is 14.4. The lowest BCUT2D eigenvalue weighted by atomic mass is 9.69. The van der Waals surface area contributed by atoms with Gasteiger partial charge in [-0.15, -0.1) is 0 Å². The molecule has 0 amide bonds. The van der Waals surface area contributed by atoms with Crippen LogP contribution in [0.4, 0.5) is 0 Å². The lowest BCUT2D eigenvalue weighted by Crippen LogP contribution is -2.26. The maximum Gasteiger partial charge on any atom is -0.0354 e. The van der Waals surface area contributed by atoms with Crippen LogP contribution < -0.4 is 0 Å². The van der Waals surface area contributed by atoms with Gasteiger partial charge in [-0.3, -0.25) is 0 Å². The van der Waals surface area contributed by atoms with E-state index in [9.17, 15) is 0 Å². The maximum atomic E-state index is 2.38. The molecule has 0 aromatic heterocycles. The van der Waals surface area contributed by atoms with Gasteiger partial charge < -0.3 is 0 Å². The summed E-state index contributed by atoms with van der Waals surface area (Å²) >= 11 is 0. The first-order chi connectivity index (χ1) is 19.4. The van der Waals surface area contributed by atoms with Gasteiger partial charge in [0, 0.05) is 0 Å². The van der Waals surface area contributed by atoms with Crippen molar-refractivity contribution >= 4 is 0 Å². The number of rotatable bonds is 0. The first-order valence-electron chi connectivity index (χ1n) is 19.4. The summed E-state index contributed by atoms with van der Waals surface area (Å²) in [5.74, 6) is 4.09. The molecule has 42 heavy (non-hydrogen) atoms. The first kappa shape index (κ1) is 48.9. The van der Waals surface area contributed by atoms with E-state index in [4.69, 9.17) is 0 Å². The smallest absolute Gasteiger partial charge is 0.0354 e. The monoisotopic (exact) mass is 597 g/mol. The molecule has 0 N–H and O–H groups in total. The van der Waals surface area contributed by atoms with E-state index in [1.54, 1.807) is 0 Å². The Morgan fingerprint density at radius 1 is 0.238 bits per heavy atom. The molecular weight excluding hydrogens is 504 g/mol. The highest BCUT2D eigenvalue weighted by Gasteiger charge is 2.33. The van der Waals surface area contributed by atoms with Crippen molar-refractivity contribution in [2.75, 3.05) is 0 Å². The first-order valence-corrected chi connectivity index (χ1v) is 19.4. The Hall–Kier alpha value is 0. The molecule has 4 aliphatic rings. The van der Waals surface area contributed by atoms with Crippen LogP contribution in [0.2, 0.25) is 0 Å². The van der Waals surface area contributed by atoms with Crippen molar-refractivity contribution in [1.29, 1.82) is 0 Å². The van der Waals surface area contributed by atoms with Gasteiger partial charge in [-0.25, -0.2) is 0 Å². The molecule has 0 heterocycles. The second kappa shape index (κ2) is 26.2. The summed E-state index contributed by atoms with van der Waals surface area (Å²) in [6, 6.07) is 0. The molecule has 4 fully saturated rings. The average molecular weight is 597 g/mol. The van der Waals surface area contributed by atoms with Crippen molar-refractivity contribution < 1.29 is 0 Å². The van der Waals surface area contributed by atoms with Crippen LogP contribution in [0.3, 0.4) is 0 Å². The van der Waals surface area contributed by atoms with Gasteiger partial charge in [-0.1, -0.05) is 177 Å². The summed E-state index contributed by atoms with van der Waals surface area (Å²) in [5, 5.41) is 0. The highest BCUT2D eigenvalue weighted by Crippen LogP contribution is 2.44. The third-order valence-corrected chi connectivity index (χ3v) is 9.54. The quantitative estimate of drug-likeness (QED) is 0.261. The Labute approximate surface area is 273 Å². The Kier molecular flexibility index (Phi) is 30.5. The fourth-order valence-corrected chi connectivity index (χ4v) is 5.98. The van der Waals surface area contributed by atoms with Gasteiger partial charge >= 0.3 is 0 Å². The van der Waals surface area contributed by atoms with Crippen LogP contribution in [0.25, 0.3) is 0 Å². The fourth-order valence-electron chi connectivity index (χ4n) is 5.98. The zero-order valence-corrected chi connectivity index (χ0v) is 34.2. The van der Waals surface area contributed by atoms with E-state index in [-0.39, 0.29) is 0 Å². The molecule has 260 valence electrons. The molecule has 0 aromatic carbocycles. The van der Waals surface area contributed by atoms with E-state index in [0.29, 0.717) is 21.7 Å². The third-order valence-electron chi connectivity index (χ3n) is 9.54. The van der Waals surface area contributed by atoms with Crippen LogP contribution in [0.5, 0.6) is 0 Å². The molecule has 0 radical (unpaired) electrons. The van der Waals surface area contributed by atoms with Crippen molar-refractivity contribution in [3.05, 3.63) is 0 Å². The molecular formula is C42H92. The van der Waals surface area contributed by atoms with Crippen LogP contribution in [-0.2, 0) is 0 Å². The molecule has 0 heteroatoms. The molecule has 0 saturated heterocycles. The van der Waals surface area contributed by atoms with E-state index in [1.807, 2.05) is 55.4 Å². The Balaban J connectivity index is -0.000000213. The van der Waals surface area contributed by atoms with Gasteiger partial charge in [0.25, 0.3) is 0 Å². The van der Waals surface area contributed by atoms with E-state index < -0.39 is 0 Å². The minimum Gasteiger partial charge on any atom is -0.0683 e. The third kappa shape index (κ3) is 26.4. The van der Waals surface area contributed by atoms with E-state index >= 15 is 0 Å². The molecule has 0 aliphatic heterocycles. The summed E-state index contributed by atoms with van der Waals surface area (Å²) in [6.45, 7) is 44.2. The molecule has 0 bridgehead atoms. The predicted octanol–water partition coefficient (Wildman–Crippen LogP) is 16.2. The van der Waals surface area contributed by atoms with Gasteiger partial charge in [0.1, 0.15) is 0 Å². The Morgan fingerprint density at radius 3 is 0.500 bits per heavy atom. The lowest BCUT2D eigenvalue weighted by Gasteiger charge is -2.37. The van der Waals surface area contributed by atoms with E-state index in [1.165, 1.54) is 89.9 Å². The lowest BCUT2D eigenvalue weighted by molar-refractivity contribution is 0.141. The highest BCUT2D eigenvalue weighted by molar-refractivity contribution is 4.84. The van der Waals surface area contributed by atoms with Crippen molar-refractivity contribution in [2.45, 2.75) is 228 Å². The zero-order chi connectivity index (χ0) is 34.2. The van der Waals surface area contributed by atoms with E-state index in [0.717, 1.165) is 23.7 Å². The minimum absolute atomic E-state index is 0.570. The van der Waals surface area contributed by atoms with Crippen molar-refractivity contribution in [3.63, 3.8) is 0 Å². The van der Waals surface area contributed by atoms with Crippen LogP contribution in [0.15, 0.2) is 0 Å². The normalized spacial score (nSPS) is 19.1. The molecule has 4 rings (SSSR count). The topological polar surface area (TPSA) is 0 Å². The molecule has 0 unspecified atom stereocenters. The van der Waals surface area contributed by atoms with Gasteiger partial charge in [-0.05, 0) is 96.7 Å². The number of hydrogen-bond donors (Lipinski definition) is 0. The molecule has 0 aromatic rings. The maximum absolute atomic E-state index is 2.38. The summed E-state index contributed by atoms with van der Waals surface area (Å²) in [4.78, 5) is 0. The molecule has 4 aliphatic carbocycles. The zero-order valence-electron chi connectivity index (χ0n) is 34.2. The Morgan fingerprint density at radius 2 is 0.405 bits per heavy atom. The largest absolute Gasteiger partial charge is 0.0683 e. The average Bonchev–Trinajstić information content (AvgIpc) is 3.62. The summed E-state index contributed by atoms with van der Waals surface area (Å²) in [5.41, 5.74) is 2.36. The van der Waals surface area contributed by atoms with Crippen molar-refractivity contribution in [3.8, 4) is 0 Å². The van der Waals surface area contributed by atoms with Crippen LogP contribution >= 0.6 is 0 Å². The van der Waals surface area contributed by atoms with Crippen LogP contribution in [-0.4, -0.2) is 0 Å². The number of hydrogen-bond acceptors (Lipinski definition) is 0. The Bertz CT molecular complexity index is 506. The van der Waals surface area contributed by atoms with Crippen LogP contribution in [0.1, 0.15) is 228 Å². The van der Waals surface area contributed by atoms with Gasteiger partial charge in [0.2, 0.25) is 0 Å². The summed E-state index contributed by atoms with van der Waals surface area (Å²) in [6.07, 6.45) is 20.7. The second-order valence-corrected chi connectivity index (χ2v) is 16.7. The molecule has 0 spiro atoms. The van der Waals surface area contributed by atoms with Crippen LogP contribution in [0, 0.1) is 45.3 Å². The van der Waals surface area contributed by atoms with Gasteiger partial charge in [0.05, 0.1) is 0 Å². The summed E-state index contributed by atoms with van der Waals surface area (Å²) in [7, 11) is 0. The molecule has 0 atom stereocenters. The predicted molar refractivity (Wildman–Crippen MR) is 202 cm³/mol. The molecule has 0 nitrogen and oxygen atoms in total. The van der Waals surface area contributed by atoms with Gasteiger partial charge in [0.15, 0.2) is 0 Å². The van der Waals surface area contributed by atoms with Crippen molar-refractivity contribution in [2.24, 2.45) is 45.3 Å². The second-order valence-electron chi connectivity index (χ2n) is 16.7. The minimum atomic E-state index is 0.570. The molecule has 4 saturated carbocycles. The summed E-state index contributed by atoms with van der Waals surface area (Å²) < 4.78 is 0. The fraction of sp³-hybridized carbons (Fsp3) is 1.00. The van der Waals surface area contributed by atoms with Crippen molar-refractivity contribution in [1.82, 2.24) is 0 Å². The van der Waals surface area contributed by atoms with E-state index in [2.05, 4.69) is 83.1 Å². The SMILES string of the molecule is CC.CC.CC.CC.CC(C)(C)C1CC1.CC(C)(C)C1CCC1.CC(C)(C)C1CCCC1.CC(C)(C)C1CCCCC1. The van der Waals surface area contributed by atoms with Gasteiger partial charge in [-0.2, -0.15) is 0 Å². The standard InChI is InChI=1S/C10H20.C9H18.C8H16.C7H14.4C2H6/c1-10(2,3)9-7-5-4-6-8-9;1-9(2,3)8-6-4-5-7-8;1-8(2,3)7-5-4-6-7;1-7(2,3)6-4-5-6;4*1-2/h9H,4-8H2,1-3H3;8H,4-7H2,1-3H3;7H,4-6H2,1-3H3;6H,4-5H2,1-3H3;4*1-2H3.